The molecular weight excluding hydrogens is 262 g/mol. The Morgan fingerprint density at radius 2 is 2.19 bits per heavy atom. The molecule has 1 aromatic carbocycles. The van der Waals surface area contributed by atoms with Crippen molar-refractivity contribution in [3.63, 3.8) is 0 Å². The second kappa shape index (κ2) is 5.44. The Hall–Kier alpha value is -1.36. The lowest BCUT2D eigenvalue weighted by atomic mass is 10.0. The van der Waals surface area contributed by atoms with E-state index in [1.165, 1.54) is 35.9 Å². The first-order valence-corrected chi connectivity index (χ1v) is 7.99. The number of benzene rings is 1. The third-order valence-electron chi connectivity index (χ3n) is 5.18. The molecule has 2 N–H and O–H groups in total. The first-order chi connectivity index (χ1) is 10.3. The standard InChI is InChI=1S/C17H23N3O/c21-12-15-11-19-8-2-4-14(19)10-20(15)9-13-3-1-5-17-16(13)6-7-18-17/h1,3,5-7,14-15,18,21H,2,4,8-12H2/t14-,15+/m0/s1. The van der Waals surface area contributed by atoms with Gasteiger partial charge in [-0.1, -0.05) is 12.1 Å². The van der Waals surface area contributed by atoms with Gasteiger partial charge < -0.3 is 10.1 Å². The van der Waals surface area contributed by atoms with Crippen LogP contribution in [-0.2, 0) is 6.54 Å². The number of nitrogens with one attached hydrogen (secondary N) is 1. The smallest absolute Gasteiger partial charge is 0.0599 e. The molecule has 3 heterocycles. The van der Waals surface area contributed by atoms with E-state index in [0.717, 1.165) is 19.6 Å². The maximum Gasteiger partial charge on any atom is 0.0599 e. The van der Waals surface area contributed by atoms with Crippen LogP contribution in [0.2, 0.25) is 0 Å². The van der Waals surface area contributed by atoms with Gasteiger partial charge in [0.1, 0.15) is 0 Å². The van der Waals surface area contributed by atoms with E-state index in [9.17, 15) is 5.11 Å². The monoisotopic (exact) mass is 285 g/mol. The summed E-state index contributed by atoms with van der Waals surface area (Å²) in [7, 11) is 0. The van der Waals surface area contributed by atoms with Crippen LogP contribution in [0.25, 0.3) is 10.9 Å². The average Bonchev–Trinajstić information content (AvgIpc) is 3.15. The summed E-state index contributed by atoms with van der Waals surface area (Å²) < 4.78 is 0. The lowest BCUT2D eigenvalue weighted by Gasteiger charge is -2.43. The number of aliphatic hydroxyl groups excluding tert-OH is 1. The number of piperazine rings is 1. The summed E-state index contributed by atoms with van der Waals surface area (Å²) in [6.45, 7) is 4.51. The highest BCUT2D eigenvalue weighted by atomic mass is 16.3. The summed E-state index contributed by atoms with van der Waals surface area (Å²) in [5.74, 6) is 0. The second-order valence-electron chi connectivity index (χ2n) is 6.41. The summed E-state index contributed by atoms with van der Waals surface area (Å²) in [6, 6.07) is 9.58. The minimum Gasteiger partial charge on any atom is -0.395 e. The molecule has 0 radical (unpaired) electrons. The van der Waals surface area contributed by atoms with E-state index in [0.29, 0.717) is 6.04 Å². The predicted octanol–water partition coefficient (Wildman–Crippen LogP) is 1.81. The Morgan fingerprint density at radius 3 is 3.10 bits per heavy atom. The van der Waals surface area contributed by atoms with Crippen molar-refractivity contribution in [2.45, 2.75) is 31.5 Å². The van der Waals surface area contributed by atoms with Crippen molar-refractivity contribution in [3.05, 3.63) is 36.0 Å². The summed E-state index contributed by atoms with van der Waals surface area (Å²) >= 11 is 0. The number of aromatic nitrogens is 1. The van der Waals surface area contributed by atoms with E-state index in [-0.39, 0.29) is 12.6 Å². The van der Waals surface area contributed by atoms with Gasteiger partial charge in [-0.15, -0.1) is 0 Å². The van der Waals surface area contributed by atoms with Crippen molar-refractivity contribution < 1.29 is 5.11 Å². The molecule has 4 heteroatoms. The largest absolute Gasteiger partial charge is 0.395 e. The van der Waals surface area contributed by atoms with Gasteiger partial charge in [0.2, 0.25) is 0 Å². The van der Waals surface area contributed by atoms with Crippen molar-refractivity contribution in [2.75, 3.05) is 26.2 Å². The van der Waals surface area contributed by atoms with Crippen LogP contribution in [0.15, 0.2) is 30.5 Å². The Bertz CT molecular complexity index is 623. The molecule has 2 aliphatic rings. The molecule has 21 heavy (non-hydrogen) atoms. The molecule has 0 aliphatic carbocycles. The van der Waals surface area contributed by atoms with Crippen molar-refractivity contribution in [2.24, 2.45) is 0 Å². The fraction of sp³-hybridized carbons (Fsp3) is 0.529. The fourth-order valence-corrected chi connectivity index (χ4v) is 4.02. The Kier molecular flexibility index (Phi) is 3.45. The van der Waals surface area contributed by atoms with Gasteiger partial charge in [0.25, 0.3) is 0 Å². The van der Waals surface area contributed by atoms with Gasteiger partial charge in [0, 0.05) is 48.8 Å². The lowest BCUT2D eigenvalue weighted by Crippen LogP contribution is -2.56. The number of hydrogen-bond donors (Lipinski definition) is 2. The van der Waals surface area contributed by atoms with Crippen LogP contribution in [0.4, 0.5) is 0 Å². The van der Waals surface area contributed by atoms with Crippen LogP contribution >= 0.6 is 0 Å². The molecule has 2 atom stereocenters. The zero-order chi connectivity index (χ0) is 14.2. The average molecular weight is 285 g/mol. The van der Waals surface area contributed by atoms with Crippen molar-refractivity contribution in [3.8, 4) is 0 Å². The fourth-order valence-electron chi connectivity index (χ4n) is 4.02. The zero-order valence-corrected chi connectivity index (χ0v) is 12.3. The van der Waals surface area contributed by atoms with E-state index in [4.69, 9.17) is 0 Å². The number of aromatic amines is 1. The van der Waals surface area contributed by atoms with Gasteiger partial charge in [-0.25, -0.2) is 0 Å². The molecule has 2 aromatic rings. The Morgan fingerprint density at radius 1 is 1.24 bits per heavy atom. The van der Waals surface area contributed by atoms with Crippen LogP contribution in [0.1, 0.15) is 18.4 Å². The molecule has 0 spiro atoms. The summed E-state index contributed by atoms with van der Waals surface area (Å²) in [5, 5.41) is 11.1. The second-order valence-corrected chi connectivity index (χ2v) is 6.41. The molecule has 0 amide bonds. The van der Waals surface area contributed by atoms with Crippen LogP contribution in [0, 0.1) is 0 Å². The highest BCUT2D eigenvalue weighted by Crippen LogP contribution is 2.27. The van der Waals surface area contributed by atoms with Gasteiger partial charge in [0.05, 0.1) is 6.61 Å². The summed E-state index contributed by atoms with van der Waals surface area (Å²) in [4.78, 5) is 8.33. The van der Waals surface area contributed by atoms with Crippen LogP contribution in [0.5, 0.6) is 0 Å². The van der Waals surface area contributed by atoms with Crippen molar-refractivity contribution >= 4 is 10.9 Å². The maximum atomic E-state index is 9.76. The maximum absolute atomic E-state index is 9.76. The number of nitrogens with zero attached hydrogens (tertiary/aromatic N) is 2. The van der Waals surface area contributed by atoms with E-state index in [1.54, 1.807) is 0 Å². The lowest BCUT2D eigenvalue weighted by molar-refractivity contribution is 0.0172. The van der Waals surface area contributed by atoms with Gasteiger partial charge in [-0.2, -0.15) is 0 Å². The molecule has 4 nitrogen and oxygen atoms in total. The van der Waals surface area contributed by atoms with Crippen molar-refractivity contribution in [1.82, 2.24) is 14.8 Å². The van der Waals surface area contributed by atoms with Gasteiger partial charge in [0.15, 0.2) is 0 Å². The van der Waals surface area contributed by atoms with Crippen LogP contribution in [0.3, 0.4) is 0 Å². The number of H-pyrrole nitrogens is 1. The molecule has 0 unspecified atom stereocenters. The van der Waals surface area contributed by atoms with Crippen LogP contribution in [-0.4, -0.2) is 58.2 Å². The third-order valence-corrected chi connectivity index (χ3v) is 5.18. The number of fused-ring (bicyclic) bond motifs is 2. The van der Waals surface area contributed by atoms with E-state index in [2.05, 4.69) is 39.0 Å². The third kappa shape index (κ3) is 2.37. The minimum atomic E-state index is 0.256. The first kappa shape index (κ1) is 13.3. The van der Waals surface area contributed by atoms with Gasteiger partial charge in [-0.3, -0.25) is 9.80 Å². The highest BCUT2D eigenvalue weighted by Gasteiger charge is 2.35. The predicted molar refractivity (Wildman–Crippen MR) is 84.2 cm³/mol. The summed E-state index contributed by atoms with van der Waals surface area (Å²) in [6.07, 6.45) is 4.62. The molecule has 2 fully saturated rings. The molecule has 2 aliphatic heterocycles. The number of hydrogen-bond acceptors (Lipinski definition) is 3. The quantitative estimate of drug-likeness (QED) is 0.904. The van der Waals surface area contributed by atoms with Gasteiger partial charge >= 0.3 is 0 Å². The molecule has 1 aromatic heterocycles. The van der Waals surface area contributed by atoms with Crippen LogP contribution < -0.4 is 0 Å². The van der Waals surface area contributed by atoms with E-state index in [1.807, 2.05) is 6.20 Å². The number of rotatable bonds is 3. The normalized spacial score (nSPS) is 27.3. The van der Waals surface area contributed by atoms with Gasteiger partial charge in [-0.05, 0) is 37.1 Å². The molecule has 2 saturated heterocycles. The number of aliphatic hydroxyl groups is 1. The Labute approximate surface area is 125 Å². The summed E-state index contributed by atoms with van der Waals surface area (Å²) in [5.41, 5.74) is 2.56. The SMILES string of the molecule is OC[C@H]1CN2CCC[C@H]2CN1Cc1cccc2[nH]ccc12. The molecule has 112 valence electrons. The van der Waals surface area contributed by atoms with Crippen molar-refractivity contribution in [1.29, 1.82) is 0 Å². The topological polar surface area (TPSA) is 42.5 Å². The molecule has 4 rings (SSSR count). The molecule has 0 saturated carbocycles. The molecular formula is C17H23N3O. The molecule has 0 bridgehead atoms. The Balaban J connectivity index is 1.58. The minimum absolute atomic E-state index is 0.256. The van der Waals surface area contributed by atoms with E-state index >= 15 is 0 Å². The first-order valence-electron chi connectivity index (χ1n) is 7.99. The highest BCUT2D eigenvalue weighted by molar-refractivity contribution is 5.82. The van der Waals surface area contributed by atoms with E-state index < -0.39 is 0 Å². The zero-order valence-electron chi connectivity index (χ0n) is 12.3.